The average Bonchev–Trinajstić information content (AvgIpc) is 2.72. The van der Waals surface area contributed by atoms with Crippen molar-refractivity contribution in [1.29, 1.82) is 0 Å². The molecule has 1 unspecified atom stereocenters. The standard InChI is InChI=1S/C24H27N5/c1-2-28-15-24(16-28)17-29(18-24)22-14-13-21(26-27-22)25-23(19-9-5-3-6-10-19)20-11-7-4-8-12-20/h3-14,22,27H,2,15-18H2,1H3. The van der Waals surface area contributed by atoms with Gasteiger partial charge in [-0.2, -0.15) is 5.10 Å². The molecule has 5 rings (SSSR count). The van der Waals surface area contributed by atoms with E-state index in [4.69, 9.17) is 4.99 Å². The maximum absolute atomic E-state index is 4.88. The number of aliphatic imine (C=N–C) groups is 1. The second-order valence-electron chi connectivity index (χ2n) is 8.30. The van der Waals surface area contributed by atoms with Gasteiger partial charge in [0.15, 0.2) is 5.84 Å². The SMILES string of the molecule is CCN1CC2(C1)CN(C1C=CC(N=C(c3ccccc3)c3ccccc3)=NN1)C2. The molecule has 0 bridgehead atoms. The zero-order chi connectivity index (χ0) is 19.7. The number of nitrogens with zero attached hydrogens (tertiary/aromatic N) is 4. The molecule has 2 fully saturated rings. The summed E-state index contributed by atoms with van der Waals surface area (Å²) in [7, 11) is 0. The van der Waals surface area contributed by atoms with Crippen LogP contribution in [0.15, 0.2) is 82.9 Å². The van der Waals surface area contributed by atoms with E-state index in [1.807, 2.05) is 42.5 Å². The molecule has 3 aliphatic heterocycles. The lowest BCUT2D eigenvalue weighted by Crippen LogP contribution is -2.74. The van der Waals surface area contributed by atoms with Crippen LogP contribution in [0.3, 0.4) is 0 Å². The lowest BCUT2D eigenvalue weighted by Gasteiger charge is -2.61. The van der Waals surface area contributed by atoms with Gasteiger partial charge in [-0.1, -0.05) is 67.6 Å². The van der Waals surface area contributed by atoms with Gasteiger partial charge in [0.2, 0.25) is 0 Å². The largest absolute Gasteiger partial charge is 0.302 e. The monoisotopic (exact) mass is 385 g/mol. The maximum atomic E-state index is 4.88. The Bertz CT molecular complexity index is 892. The van der Waals surface area contributed by atoms with E-state index in [0.717, 1.165) is 29.9 Å². The first kappa shape index (κ1) is 18.3. The van der Waals surface area contributed by atoms with Gasteiger partial charge in [-0.25, -0.2) is 4.99 Å². The first-order valence-corrected chi connectivity index (χ1v) is 10.4. The van der Waals surface area contributed by atoms with Gasteiger partial charge in [-0.15, -0.1) is 0 Å². The molecule has 1 atom stereocenters. The third kappa shape index (κ3) is 3.63. The lowest BCUT2D eigenvalue weighted by atomic mass is 9.72. The molecule has 2 aromatic rings. The molecular weight excluding hydrogens is 358 g/mol. The van der Waals surface area contributed by atoms with Gasteiger partial charge in [-0.3, -0.25) is 10.3 Å². The number of hydrogen-bond acceptors (Lipinski definition) is 5. The van der Waals surface area contributed by atoms with Crippen molar-refractivity contribution in [3.05, 3.63) is 83.9 Å². The molecule has 0 aliphatic carbocycles. The minimum atomic E-state index is 0.173. The zero-order valence-electron chi connectivity index (χ0n) is 16.8. The molecule has 0 aromatic heterocycles. The summed E-state index contributed by atoms with van der Waals surface area (Å²) in [6.45, 7) is 8.20. The van der Waals surface area contributed by atoms with Crippen molar-refractivity contribution in [1.82, 2.24) is 15.2 Å². The van der Waals surface area contributed by atoms with Crippen LogP contribution < -0.4 is 5.43 Å². The molecule has 5 heteroatoms. The van der Waals surface area contributed by atoms with Crippen molar-refractivity contribution < 1.29 is 0 Å². The number of benzene rings is 2. The van der Waals surface area contributed by atoms with Crippen molar-refractivity contribution in [3.63, 3.8) is 0 Å². The van der Waals surface area contributed by atoms with E-state index in [9.17, 15) is 0 Å². The quantitative estimate of drug-likeness (QED) is 0.823. The predicted molar refractivity (Wildman–Crippen MR) is 118 cm³/mol. The Hall–Kier alpha value is -2.76. The molecule has 0 radical (unpaired) electrons. The third-order valence-corrected chi connectivity index (χ3v) is 6.10. The van der Waals surface area contributed by atoms with Crippen molar-refractivity contribution in [3.8, 4) is 0 Å². The summed E-state index contributed by atoms with van der Waals surface area (Å²) < 4.78 is 0. The van der Waals surface area contributed by atoms with Crippen molar-refractivity contribution in [2.45, 2.75) is 13.1 Å². The van der Waals surface area contributed by atoms with Gasteiger partial charge in [0.25, 0.3) is 0 Å². The highest BCUT2D eigenvalue weighted by Crippen LogP contribution is 2.40. The molecule has 29 heavy (non-hydrogen) atoms. The fourth-order valence-electron chi connectivity index (χ4n) is 4.60. The third-order valence-electron chi connectivity index (χ3n) is 6.10. The van der Waals surface area contributed by atoms with Crippen LogP contribution in [-0.2, 0) is 0 Å². The van der Waals surface area contributed by atoms with E-state index in [1.165, 1.54) is 19.6 Å². The van der Waals surface area contributed by atoms with E-state index >= 15 is 0 Å². The first-order chi connectivity index (χ1) is 14.2. The van der Waals surface area contributed by atoms with Crippen LogP contribution in [0.25, 0.3) is 0 Å². The van der Waals surface area contributed by atoms with Gasteiger partial charge >= 0.3 is 0 Å². The summed E-state index contributed by atoms with van der Waals surface area (Å²) >= 11 is 0. The number of hydrogen-bond donors (Lipinski definition) is 1. The van der Waals surface area contributed by atoms with Crippen LogP contribution in [0.1, 0.15) is 18.1 Å². The lowest BCUT2D eigenvalue weighted by molar-refractivity contribution is -0.125. The van der Waals surface area contributed by atoms with E-state index in [0.29, 0.717) is 11.3 Å². The maximum Gasteiger partial charge on any atom is 0.172 e. The highest BCUT2D eigenvalue weighted by molar-refractivity contribution is 6.18. The van der Waals surface area contributed by atoms with Crippen molar-refractivity contribution >= 4 is 11.5 Å². The molecule has 0 amide bonds. The van der Waals surface area contributed by atoms with Gasteiger partial charge in [0.1, 0.15) is 6.17 Å². The Labute approximate surface area is 172 Å². The molecule has 3 aliphatic rings. The summed E-state index contributed by atoms with van der Waals surface area (Å²) in [6, 6.07) is 20.6. The molecule has 0 saturated carbocycles. The molecule has 1 N–H and O–H groups in total. The fraction of sp³-hybridized carbons (Fsp3) is 0.333. The smallest absolute Gasteiger partial charge is 0.172 e. The normalized spacial score (nSPS) is 22.9. The number of hydrazone groups is 1. The van der Waals surface area contributed by atoms with Crippen LogP contribution in [0.4, 0.5) is 0 Å². The second-order valence-corrected chi connectivity index (χ2v) is 8.30. The highest BCUT2D eigenvalue weighted by Gasteiger charge is 2.52. The summed E-state index contributed by atoms with van der Waals surface area (Å²) in [5.41, 5.74) is 6.94. The Balaban J connectivity index is 1.29. The van der Waals surface area contributed by atoms with Crippen molar-refractivity contribution in [2.24, 2.45) is 15.5 Å². The van der Waals surface area contributed by atoms with Gasteiger partial charge in [0.05, 0.1) is 5.71 Å². The van der Waals surface area contributed by atoms with Gasteiger partial charge < -0.3 is 4.90 Å². The van der Waals surface area contributed by atoms with Crippen LogP contribution in [0.2, 0.25) is 0 Å². The number of likely N-dealkylation sites (tertiary alicyclic amines) is 2. The van der Waals surface area contributed by atoms with Crippen LogP contribution in [0.5, 0.6) is 0 Å². The van der Waals surface area contributed by atoms with Crippen LogP contribution >= 0.6 is 0 Å². The highest BCUT2D eigenvalue weighted by atomic mass is 15.5. The van der Waals surface area contributed by atoms with Gasteiger partial charge in [-0.05, 0) is 18.7 Å². The molecule has 3 heterocycles. The fourth-order valence-corrected chi connectivity index (χ4v) is 4.60. The number of amidine groups is 1. The van der Waals surface area contributed by atoms with Crippen LogP contribution in [0, 0.1) is 5.41 Å². The van der Waals surface area contributed by atoms with Crippen molar-refractivity contribution in [2.75, 3.05) is 32.7 Å². The molecule has 2 saturated heterocycles. The topological polar surface area (TPSA) is 43.2 Å². The minimum Gasteiger partial charge on any atom is -0.302 e. The predicted octanol–water partition coefficient (Wildman–Crippen LogP) is 2.96. The zero-order valence-corrected chi connectivity index (χ0v) is 16.8. The second kappa shape index (κ2) is 7.58. The summed E-state index contributed by atoms with van der Waals surface area (Å²) in [6.07, 6.45) is 4.40. The Kier molecular flexibility index (Phi) is 4.78. The molecule has 5 nitrogen and oxygen atoms in total. The van der Waals surface area contributed by atoms with E-state index in [-0.39, 0.29) is 6.17 Å². The first-order valence-electron chi connectivity index (χ1n) is 10.4. The molecule has 2 aromatic carbocycles. The Morgan fingerprint density at radius 2 is 1.62 bits per heavy atom. The minimum absolute atomic E-state index is 0.173. The Morgan fingerprint density at radius 1 is 1.00 bits per heavy atom. The van der Waals surface area contributed by atoms with E-state index in [2.05, 4.69) is 57.6 Å². The molecule has 1 spiro atoms. The molecular formula is C24H27N5. The average molecular weight is 386 g/mol. The van der Waals surface area contributed by atoms with Gasteiger partial charge in [0, 0.05) is 42.7 Å². The van der Waals surface area contributed by atoms with E-state index < -0.39 is 0 Å². The summed E-state index contributed by atoms with van der Waals surface area (Å²) in [4.78, 5) is 9.86. The number of rotatable bonds is 4. The summed E-state index contributed by atoms with van der Waals surface area (Å²) in [5, 5.41) is 4.57. The number of nitrogens with one attached hydrogen (secondary N) is 1. The van der Waals surface area contributed by atoms with Crippen LogP contribution in [-0.4, -0.2) is 60.2 Å². The van der Waals surface area contributed by atoms with E-state index in [1.54, 1.807) is 0 Å². The Morgan fingerprint density at radius 3 is 2.14 bits per heavy atom. The molecule has 148 valence electrons. The summed E-state index contributed by atoms with van der Waals surface area (Å²) in [5.74, 6) is 0.708.